The van der Waals surface area contributed by atoms with Crippen molar-refractivity contribution in [1.29, 1.82) is 5.26 Å². The highest BCUT2D eigenvalue weighted by molar-refractivity contribution is 7.21. The van der Waals surface area contributed by atoms with Crippen LogP contribution in [0.4, 0.5) is 0 Å². The Kier molecular flexibility index (Phi) is 8.67. The Bertz CT molecular complexity index is 1670. The van der Waals surface area contributed by atoms with E-state index >= 15 is 0 Å². The van der Waals surface area contributed by atoms with Crippen molar-refractivity contribution < 1.29 is 23.7 Å². The van der Waals surface area contributed by atoms with E-state index in [1.807, 2.05) is 49.4 Å². The Balaban J connectivity index is 1.45. The molecular formula is C32H29ClN2O5S. The molecule has 5 rings (SSSR count). The Morgan fingerprint density at radius 1 is 1.07 bits per heavy atom. The quantitative estimate of drug-likeness (QED) is 0.114. The van der Waals surface area contributed by atoms with Crippen molar-refractivity contribution in [2.75, 3.05) is 13.2 Å². The van der Waals surface area contributed by atoms with Gasteiger partial charge in [0.15, 0.2) is 11.5 Å². The van der Waals surface area contributed by atoms with Gasteiger partial charge in [0, 0.05) is 21.7 Å². The number of halogens is 1. The minimum absolute atomic E-state index is 0.0149. The van der Waals surface area contributed by atoms with Gasteiger partial charge in [-0.05, 0) is 43.2 Å². The summed E-state index contributed by atoms with van der Waals surface area (Å²) in [7, 11) is 0. The molecule has 0 bridgehead atoms. The largest absolute Gasteiger partial charge is 0.490 e. The van der Waals surface area contributed by atoms with Crippen LogP contribution in [0.5, 0.6) is 23.0 Å². The molecule has 210 valence electrons. The van der Waals surface area contributed by atoms with Gasteiger partial charge in [-0.15, -0.1) is 11.3 Å². The van der Waals surface area contributed by atoms with Crippen LogP contribution in [-0.2, 0) is 0 Å². The van der Waals surface area contributed by atoms with Crippen LogP contribution in [0.15, 0.2) is 72.1 Å². The number of esters is 1. The highest BCUT2D eigenvalue weighted by Crippen LogP contribution is 2.45. The third-order valence-corrected chi connectivity index (χ3v) is 8.38. The van der Waals surface area contributed by atoms with Gasteiger partial charge < -0.3 is 24.7 Å². The van der Waals surface area contributed by atoms with Crippen molar-refractivity contribution >= 4 is 39.0 Å². The van der Waals surface area contributed by atoms with Crippen LogP contribution in [0, 0.1) is 11.3 Å². The molecule has 0 amide bonds. The lowest BCUT2D eigenvalue weighted by atomic mass is 9.83. The van der Waals surface area contributed by atoms with Crippen molar-refractivity contribution in [3.63, 3.8) is 0 Å². The lowest BCUT2D eigenvalue weighted by Crippen LogP contribution is -2.21. The summed E-state index contributed by atoms with van der Waals surface area (Å²) >= 11 is 7.74. The summed E-state index contributed by atoms with van der Waals surface area (Å²) in [4.78, 5) is 13.3. The van der Waals surface area contributed by atoms with Crippen LogP contribution in [0.2, 0.25) is 5.02 Å². The molecule has 0 saturated carbocycles. The average molecular weight is 589 g/mol. The van der Waals surface area contributed by atoms with E-state index in [2.05, 4.69) is 13.0 Å². The first-order chi connectivity index (χ1) is 19.9. The van der Waals surface area contributed by atoms with Crippen LogP contribution in [0.1, 0.15) is 59.8 Å². The minimum atomic E-state index is -0.569. The lowest BCUT2D eigenvalue weighted by Gasteiger charge is -2.27. The number of ether oxygens (including phenoxy) is 4. The van der Waals surface area contributed by atoms with E-state index in [-0.39, 0.29) is 17.2 Å². The summed E-state index contributed by atoms with van der Waals surface area (Å²) in [5, 5.41) is 11.2. The van der Waals surface area contributed by atoms with E-state index in [0.29, 0.717) is 45.9 Å². The molecule has 1 aliphatic heterocycles. The molecular weight excluding hydrogens is 560 g/mol. The van der Waals surface area contributed by atoms with Gasteiger partial charge in [-0.2, -0.15) is 5.26 Å². The molecule has 1 atom stereocenters. The Morgan fingerprint density at radius 3 is 2.66 bits per heavy atom. The molecule has 0 radical (unpaired) electrons. The zero-order valence-electron chi connectivity index (χ0n) is 22.7. The Hall–Kier alpha value is -4.19. The van der Waals surface area contributed by atoms with Crippen molar-refractivity contribution in [3.8, 4) is 29.1 Å². The molecule has 7 nitrogen and oxygen atoms in total. The maximum absolute atomic E-state index is 13.0. The number of rotatable bonds is 10. The number of unbranched alkanes of at least 4 members (excludes halogenated alkanes) is 2. The molecule has 0 spiro atoms. The van der Waals surface area contributed by atoms with Crippen LogP contribution in [-0.4, -0.2) is 19.2 Å². The fraction of sp³-hybridized carbons (Fsp3) is 0.250. The predicted molar refractivity (Wildman–Crippen MR) is 160 cm³/mol. The maximum Gasteiger partial charge on any atom is 0.355 e. The van der Waals surface area contributed by atoms with Gasteiger partial charge in [-0.25, -0.2) is 4.79 Å². The van der Waals surface area contributed by atoms with E-state index in [0.717, 1.165) is 34.9 Å². The van der Waals surface area contributed by atoms with E-state index in [1.165, 1.54) is 11.3 Å². The van der Waals surface area contributed by atoms with Gasteiger partial charge in [-0.1, -0.05) is 61.7 Å². The van der Waals surface area contributed by atoms with Gasteiger partial charge >= 0.3 is 5.97 Å². The number of nitriles is 1. The number of hydrogen-bond donors (Lipinski definition) is 1. The van der Waals surface area contributed by atoms with E-state index in [1.54, 1.807) is 18.2 Å². The number of carbonyl (C=O) groups excluding carboxylic acids is 1. The first kappa shape index (κ1) is 28.3. The molecule has 9 heteroatoms. The molecule has 1 unspecified atom stereocenters. The van der Waals surface area contributed by atoms with Crippen LogP contribution >= 0.6 is 22.9 Å². The summed E-state index contributed by atoms with van der Waals surface area (Å²) in [5.41, 5.74) is 7.99. The van der Waals surface area contributed by atoms with Crippen molar-refractivity contribution in [1.82, 2.24) is 0 Å². The third kappa shape index (κ3) is 5.83. The molecule has 0 aliphatic carbocycles. The number of hydrogen-bond acceptors (Lipinski definition) is 8. The van der Waals surface area contributed by atoms with Gasteiger partial charge in [0.1, 0.15) is 28.0 Å². The summed E-state index contributed by atoms with van der Waals surface area (Å²) in [5.74, 6) is 0.795. The smallest absolute Gasteiger partial charge is 0.355 e. The molecule has 2 N–H and O–H groups in total. The number of carbonyl (C=O) groups is 1. The second-order valence-corrected chi connectivity index (χ2v) is 10.9. The molecule has 41 heavy (non-hydrogen) atoms. The molecule has 0 fully saturated rings. The van der Waals surface area contributed by atoms with Gasteiger partial charge in [-0.3, -0.25) is 0 Å². The standard InChI is InChI=1S/C32H29ClN2O5S/c1-3-5-8-15-38-24-14-11-19(16-26(24)37-4-2)28-21-13-12-20(17-25(21)40-31(35)23(28)18-34)39-32(36)30-29(33)22-9-6-7-10-27(22)41-30/h6-7,9-14,16-17,28H,3-5,8,15,35H2,1-2H3. The van der Waals surface area contributed by atoms with Crippen LogP contribution < -0.4 is 24.7 Å². The lowest BCUT2D eigenvalue weighted by molar-refractivity contribution is 0.0740. The Labute approximate surface area is 247 Å². The SMILES string of the molecule is CCCCCOc1ccc(C2C(C#N)=C(N)Oc3cc(OC(=O)c4sc5ccccc5c4Cl)ccc32)cc1OCC. The van der Waals surface area contributed by atoms with Gasteiger partial charge in [0.2, 0.25) is 5.88 Å². The third-order valence-electron chi connectivity index (χ3n) is 6.73. The molecule has 4 aromatic rings. The first-order valence-corrected chi connectivity index (χ1v) is 14.6. The first-order valence-electron chi connectivity index (χ1n) is 13.4. The molecule has 3 aromatic carbocycles. The summed E-state index contributed by atoms with van der Waals surface area (Å²) in [6.45, 7) is 5.11. The number of nitrogens with two attached hydrogens (primary N) is 1. The van der Waals surface area contributed by atoms with Crippen LogP contribution in [0.25, 0.3) is 10.1 Å². The molecule has 0 saturated heterocycles. The highest BCUT2D eigenvalue weighted by Gasteiger charge is 2.32. The summed E-state index contributed by atoms with van der Waals surface area (Å²) in [6.07, 6.45) is 3.15. The summed E-state index contributed by atoms with van der Waals surface area (Å²) in [6, 6.07) is 20.4. The number of benzene rings is 3. The number of allylic oxidation sites excluding steroid dienone is 1. The van der Waals surface area contributed by atoms with Crippen molar-refractivity contribution in [2.24, 2.45) is 5.73 Å². The number of thiophene rings is 1. The average Bonchev–Trinajstić information content (AvgIpc) is 3.32. The van der Waals surface area contributed by atoms with Crippen molar-refractivity contribution in [3.05, 3.63) is 93.1 Å². The van der Waals surface area contributed by atoms with E-state index < -0.39 is 11.9 Å². The van der Waals surface area contributed by atoms with Crippen LogP contribution in [0.3, 0.4) is 0 Å². The number of nitrogens with zero attached hydrogens (tertiary/aromatic N) is 1. The normalized spacial score (nSPS) is 14.2. The fourth-order valence-electron chi connectivity index (χ4n) is 4.77. The maximum atomic E-state index is 13.0. The van der Waals surface area contributed by atoms with Gasteiger partial charge in [0.05, 0.1) is 24.2 Å². The van der Waals surface area contributed by atoms with Crippen molar-refractivity contribution in [2.45, 2.75) is 39.0 Å². The zero-order valence-corrected chi connectivity index (χ0v) is 24.3. The van der Waals surface area contributed by atoms with Gasteiger partial charge in [0.25, 0.3) is 0 Å². The summed E-state index contributed by atoms with van der Waals surface area (Å²) < 4.78 is 24.3. The Morgan fingerprint density at radius 2 is 1.90 bits per heavy atom. The highest BCUT2D eigenvalue weighted by atomic mass is 35.5. The number of fused-ring (bicyclic) bond motifs is 2. The monoisotopic (exact) mass is 588 g/mol. The second-order valence-electron chi connectivity index (χ2n) is 9.45. The predicted octanol–water partition coefficient (Wildman–Crippen LogP) is 7.96. The molecule has 2 heterocycles. The topological polar surface area (TPSA) is 104 Å². The zero-order chi connectivity index (χ0) is 28.9. The minimum Gasteiger partial charge on any atom is -0.490 e. The fourth-order valence-corrected chi connectivity index (χ4v) is 6.15. The molecule has 1 aromatic heterocycles. The second kappa shape index (κ2) is 12.5. The molecule has 1 aliphatic rings. The van der Waals surface area contributed by atoms with E-state index in [4.69, 9.17) is 36.3 Å². The van der Waals surface area contributed by atoms with E-state index in [9.17, 15) is 10.1 Å².